The average Bonchev–Trinajstić information content (AvgIpc) is 2.83. The minimum absolute atomic E-state index is 0.147. The van der Waals surface area contributed by atoms with Gasteiger partial charge in [-0.05, 0) is 70.8 Å². The standard InChI is InChI=1S/C30H26BrNO2S/c1-29(2)21-9-5-7-11-25(21)32(26-12-8-6-10-22(26)29)20-14-16-28-24(18-20)30(3,4)23-17-19(31)13-15-27(23)35(28,33)34/h5-18H,1-4H3. The van der Waals surface area contributed by atoms with Crippen molar-refractivity contribution in [2.24, 2.45) is 0 Å². The van der Waals surface area contributed by atoms with Crippen LogP contribution in [0.1, 0.15) is 49.9 Å². The molecule has 4 aromatic rings. The van der Waals surface area contributed by atoms with E-state index in [2.05, 4.69) is 103 Å². The van der Waals surface area contributed by atoms with Gasteiger partial charge in [0.05, 0.1) is 21.2 Å². The fourth-order valence-electron chi connectivity index (χ4n) is 5.82. The summed E-state index contributed by atoms with van der Waals surface area (Å²) in [6.45, 7) is 8.74. The average molecular weight is 545 g/mol. The summed E-state index contributed by atoms with van der Waals surface area (Å²) in [7, 11) is -3.62. The van der Waals surface area contributed by atoms with Crippen LogP contribution in [0.3, 0.4) is 0 Å². The third-order valence-corrected chi connectivity index (χ3v) is 10.1. The van der Waals surface area contributed by atoms with Crippen molar-refractivity contribution < 1.29 is 8.42 Å². The molecule has 2 aliphatic rings. The third-order valence-electron chi connectivity index (χ3n) is 7.73. The minimum Gasteiger partial charge on any atom is -0.310 e. The highest BCUT2D eigenvalue weighted by atomic mass is 79.9. The van der Waals surface area contributed by atoms with Crippen molar-refractivity contribution in [3.8, 4) is 0 Å². The van der Waals surface area contributed by atoms with Crippen molar-refractivity contribution in [1.29, 1.82) is 0 Å². The first-order chi connectivity index (χ1) is 16.5. The quantitative estimate of drug-likeness (QED) is 0.244. The SMILES string of the molecule is CC1(C)c2ccccc2N(c2ccc3c(c2)C(C)(C)c2cc(Br)ccc2S3(=O)=O)c2ccccc21. The summed E-state index contributed by atoms with van der Waals surface area (Å²) in [6.07, 6.45) is 0. The lowest BCUT2D eigenvalue weighted by Gasteiger charge is -2.42. The van der Waals surface area contributed by atoms with Gasteiger partial charge in [0.2, 0.25) is 9.84 Å². The molecule has 2 heterocycles. The maximum absolute atomic E-state index is 13.6. The normalized spacial score (nSPS) is 18.1. The van der Waals surface area contributed by atoms with E-state index in [4.69, 9.17) is 0 Å². The molecule has 0 spiro atoms. The number of anilines is 3. The van der Waals surface area contributed by atoms with Crippen LogP contribution in [0.15, 0.2) is 99.2 Å². The number of benzene rings is 4. The molecular formula is C30H26BrNO2S. The van der Waals surface area contributed by atoms with Crippen LogP contribution in [0.2, 0.25) is 0 Å². The molecule has 2 aliphatic heterocycles. The Morgan fingerprint density at radius 2 is 1.11 bits per heavy atom. The highest BCUT2D eigenvalue weighted by Gasteiger charge is 2.42. The monoisotopic (exact) mass is 543 g/mol. The maximum Gasteiger partial charge on any atom is 0.207 e. The maximum atomic E-state index is 13.6. The molecule has 4 aromatic carbocycles. The van der Waals surface area contributed by atoms with Gasteiger partial charge in [-0.3, -0.25) is 0 Å². The van der Waals surface area contributed by atoms with E-state index in [1.165, 1.54) is 11.1 Å². The van der Waals surface area contributed by atoms with E-state index in [-0.39, 0.29) is 5.41 Å². The Morgan fingerprint density at radius 1 is 0.629 bits per heavy atom. The van der Waals surface area contributed by atoms with E-state index in [1.54, 1.807) is 18.2 Å². The zero-order valence-electron chi connectivity index (χ0n) is 20.1. The van der Waals surface area contributed by atoms with Gasteiger partial charge in [0.1, 0.15) is 0 Å². The van der Waals surface area contributed by atoms with Crippen LogP contribution in [0.4, 0.5) is 17.1 Å². The Kier molecular flexibility index (Phi) is 4.71. The molecule has 3 nitrogen and oxygen atoms in total. The van der Waals surface area contributed by atoms with Gasteiger partial charge >= 0.3 is 0 Å². The molecule has 0 bridgehead atoms. The molecule has 0 radical (unpaired) electrons. The van der Waals surface area contributed by atoms with Crippen molar-refractivity contribution in [2.45, 2.75) is 48.3 Å². The van der Waals surface area contributed by atoms with Crippen LogP contribution in [-0.2, 0) is 20.7 Å². The Bertz CT molecular complexity index is 1590. The first kappa shape index (κ1) is 22.6. The van der Waals surface area contributed by atoms with E-state index < -0.39 is 15.3 Å². The van der Waals surface area contributed by atoms with E-state index in [0.29, 0.717) is 9.79 Å². The summed E-state index contributed by atoms with van der Waals surface area (Å²) in [5, 5.41) is 0. The predicted octanol–water partition coefficient (Wildman–Crippen LogP) is 8.03. The van der Waals surface area contributed by atoms with E-state index in [9.17, 15) is 8.42 Å². The van der Waals surface area contributed by atoms with E-state index >= 15 is 0 Å². The first-order valence-corrected chi connectivity index (χ1v) is 14.0. The topological polar surface area (TPSA) is 37.4 Å². The molecule has 5 heteroatoms. The molecule has 0 aromatic heterocycles. The van der Waals surface area contributed by atoms with Crippen LogP contribution >= 0.6 is 15.9 Å². The number of halogens is 1. The number of rotatable bonds is 1. The largest absolute Gasteiger partial charge is 0.310 e. The van der Waals surface area contributed by atoms with Crippen molar-refractivity contribution in [1.82, 2.24) is 0 Å². The summed E-state index contributed by atoms with van der Waals surface area (Å²) < 4.78 is 28.1. The van der Waals surface area contributed by atoms with Crippen molar-refractivity contribution in [3.05, 3.63) is 112 Å². The van der Waals surface area contributed by atoms with Crippen molar-refractivity contribution in [3.63, 3.8) is 0 Å². The van der Waals surface area contributed by atoms with Gasteiger partial charge < -0.3 is 4.90 Å². The Morgan fingerprint density at radius 3 is 1.71 bits per heavy atom. The van der Waals surface area contributed by atoms with Crippen LogP contribution in [-0.4, -0.2) is 8.42 Å². The van der Waals surface area contributed by atoms with Crippen molar-refractivity contribution in [2.75, 3.05) is 4.90 Å². The molecular weight excluding hydrogens is 518 g/mol. The van der Waals surface area contributed by atoms with Gasteiger partial charge in [0.25, 0.3) is 0 Å². The molecule has 176 valence electrons. The predicted molar refractivity (Wildman–Crippen MR) is 145 cm³/mol. The third kappa shape index (κ3) is 3.04. The van der Waals surface area contributed by atoms with Crippen LogP contribution in [0.25, 0.3) is 0 Å². The van der Waals surface area contributed by atoms with Gasteiger partial charge in [-0.1, -0.05) is 80.0 Å². The lowest BCUT2D eigenvalue weighted by molar-refractivity contribution is 0.555. The lowest BCUT2D eigenvalue weighted by atomic mass is 9.73. The fraction of sp³-hybridized carbons (Fsp3) is 0.200. The van der Waals surface area contributed by atoms with Gasteiger partial charge in [0.15, 0.2) is 0 Å². The number of hydrogen-bond acceptors (Lipinski definition) is 3. The molecule has 6 rings (SSSR count). The summed E-state index contributed by atoms with van der Waals surface area (Å²) >= 11 is 3.54. The Labute approximate surface area is 215 Å². The highest BCUT2D eigenvalue weighted by molar-refractivity contribution is 9.10. The lowest BCUT2D eigenvalue weighted by Crippen LogP contribution is -2.32. The van der Waals surface area contributed by atoms with Gasteiger partial charge in [-0.25, -0.2) is 8.42 Å². The van der Waals surface area contributed by atoms with Crippen LogP contribution < -0.4 is 4.90 Å². The summed E-state index contributed by atoms with van der Waals surface area (Å²) in [5.74, 6) is 0. The second-order valence-electron chi connectivity index (χ2n) is 10.4. The molecule has 0 aliphatic carbocycles. The number of fused-ring (bicyclic) bond motifs is 4. The molecule has 0 saturated carbocycles. The Balaban J connectivity index is 1.63. The number of para-hydroxylation sites is 2. The number of hydrogen-bond donors (Lipinski definition) is 0. The van der Waals surface area contributed by atoms with Gasteiger partial charge in [0, 0.05) is 21.0 Å². The molecule has 0 unspecified atom stereocenters. The summed E-state index contributed by atoms with van der Waals surface area (Å²) in [4.78, 5) is 3.05. The fourth-order valence-corrected chi connectivity index (χ4v) is 8.12. The van der Waals surface area contributed by atoms with Crippen LogP contribution in [0, 0.1) is 0 Å². The summed E-state index contributed by atoms with van der Waals surface area (Å²) in [5.41, 5.74) is 6.70. The molecule has 0 amide bonds. The zero-order chi connectivity index (χ0) is 24.8. The van der Waals surface area contributed by atoms with E-state index in [1.807, 2.05) is 12.1 Å². The smallest absolute Gasteiger partial charge is 0.207 e. The molecule has 0 N–H and O–H groups in total. The zero-order valence-corrected chi connectivity index (χ0v) is 22.5. The van der Waals surface area contributed by atoms with Crippen LogP contribution in [0.5, 0.6) is 0 Å². The summed E-state index contributed by atoms with van der Waals surface area (Å²) in [6, 6.07) is 28.3. The molecule has 35 heavy (non-hydrogen) atoms. The Hall–Kier alpha value is -2.89. The first-order valence-electron chi connectivity index (χ1n) is 11.7. The van der Waals surface area contributed by atoms with E-state index in [0.717, 1.165) is 32.7 Å². The van der Waals surface area contributed by atoms with Crippen molar-refractivity contribution >= 4 is 42.8 Å². The number of nitrogens with zero attached hydrogens (tertiary/aromatic N) is 1. The molecule has 0 atom stereocenters. The highest BCUT2D eigenvalue weighted by Crippen LogP contribution is 2.53. The molecule has 0 saturated heterocycles. The second kappa shape index (κ2) is 7.31. The van der Waals surface area contributed by atoms with Gasteiger partial charge in [-0.15, -0.1) is 0 Å². The molecule has 0 fully saturated rings. The second-order valence-corrected chi connectivity index (χ2v) is 13.2. The minimum atomic E-state index is -3.62. The van der Waals surface area contributed by atoms with Gasteiger partial charge in [-0.2, -0.15) is 0 Å². The number of sulfone groups is 1.